The van der Waals surface area contributed by atoms with Crippen molar-refractivity contribution in [2.24, 2.45) is 5.92 Å². The molecule has 1 saturated heterocycles. The third-order valence-electron chi connectivity index (χ3n) is 3.73. The first-order valence-electron chi connectivity index (χ1n) is 6.49. The highest BCUT2D eigenvalue weighted by molar-refractivity contribution is 5.11. The van der Waals surface area contributed by atoms with Crippen LogP contribution in [0, 0.1) is 5.92 Å². The summed E-state index contributed by atoms with van der Waals surface area (Å²) in [6.07, 6.45) is 4.30. The SMILES string of the molecule is CNC(C1CCCOC1)C(C)c1ccccn1. The Labute approximate surface area is 104 Å². The molecule has 0 spiro atoms. The number of likely N-dealkylation sites (N-methyl/N-ethyl adjacent to an activating group) is 1. The predicted molar refractivity (Wildman–Crippen MR) is 69.0 cm³/mol. The second kappa shape index (κ2) is 6.12. The van der Waals surface area contributed by atoms with E-state index in [0.717, 1.165) is 18.9 Å². The Hall–Kier alpha value is -0.930. The van der Waals surface area contributed by atoms with Crippen molar-refractivity contribution in [1.82, 2.24) is 10.3 Å². The number of ether oxygens (including phenoxy) is 1. The van der Waals surface area contributed by atoms with E-state index in [1.54, 1.807) is 0 Å². The van der Waals surface area contributed by atoms with Gasteiger partial charge in [-0.25, -0.2) is 0 Å². The Balaban J connectivity index is 2.06. The molecule has 1 aromatic rings. The summed E-state index contributed by atoms with van der Waals surface area (Å²) in [7, 11) is 2.04. The second-order valence-corrected chi connectivity index (χ2v) is 4.83. The Kier molecular flexibility index (Phi) is 4.51. The van der Waals surface area contributed by atoms with Crippen LogP contribution in [0.5, 0.6) is 0 Å². The van der Waals surface area contributed by atoms with Crippen molar-refractivity contribution in [2.75, 3.05) is 20.3 Å². The second-order valence-electron chi connectivity index (χ2n) is 4.83. The van der Waals surface area contributed by atoms with E-state index < -0.39 is 0 Å². The predicted octanol–water partition coefficient (Wildman–Crippen LogP) is 2.20. The number of nitrogens with zero attached hydrogens (tertiary/aromatic N) is 1. The number of hydrogen-bond acceptors (Lipinski definition) is 3. The van der Waals surface area contributed by atoms with Gasteiger partial charge in [0.25, 0.3) is 0 Å². The highest BCUT2D eigenvalue weighted by atomic mass is 16.5. The van der Waals surface area contributed by atoms with E-state index in [9.17, 15) is 0 Å². The van der Waals surface area contributed by atoms with Crippen molar-refractivity contribution in [3.05, 3.63) is 30.1 Å². The van der Waals surface area contributed by atoms with Gasteiger partial charge in [-0.05, 0) is 37.9 Å². The van der Waals surface area contributed by atoms with Crippen LogP contribution in [-0.2, 0) is 4.74 Å². The van der Waals surface area contributed by atoms with Crippen LogP contribution in [0.15, 0.2) is 24.4 Å². The summed E-state index contributed by atoms with van der Waals surface area (Å²) in [5, 5.41) is 3.45. The molecule has 3 unspecified atom stereocenters. The van der Waals surface area contributed by atoms with E-state index >= 15 is 0 Å². The van der Waals surface area contributed by atoms with Crippen LogP contribution in [0.4, 0.5) is 0 Å². The Morgan fingerprint density at radius 1 is 1.47 bits per heavy atom. The van der Waals surface area contributed by atoms with Gasteiger partial charge in [-0.1, -0.05) is 13.0 Å². The fourth-order valence-electron chi connectivity index (χ4n) is 2.77. The van der Waals surface area contributed by atoms with Crippen molar-refractivity contribution in [3.63, 3.8) is 0 Å². The molecule has 0 amide bonds. The molecule has 1 fully saturated rings. The zero-order valence-corrected chi connectivity index (χ0v) is 10.7. The van der Waals surface area contributed by atoms with E-state index in [4.69, 9.17) is 4.74 Å². The summed E-state index contributed by atoms with van der Waals surface area (Å²) in [6.45, 7) is 4.05. The van der Waals surface area contributed by atoms with Crippen molar-refractivity contribution in [1.29, 1.82) is 0 Å². The topological polar surface area (TPSA) is 34.1 Å². The molecule has 1 aliphatic heterocycles. The summed E-state index contributed by atoms with van der Waals surface area (Å²) in [4.78, 5) is 4.46. The molecule has 0 saturated carbocycles. The average Bonchev–Trinajstić information content (AvgIpc) is 2.42. The molecular weight excluding hydrogens is 212 g/mol. The molecular formula is C14H22N2O. The maximum absolute atomic E-state index is 5.59. The third-order valence-corrected chi connectivity index (χ3v) is 3.73. The lowest BCUT2D eigenvalue weighted by Crippen LogP contribution is -2.42. The molecule has 2 heterocycles. The van der Waals surface area contributed by atoms with Crippen molar-refractivity contribution >= 4 is 0 Å². The van der Waals surface area contributed by atoms with Crippen LogP contribution in [0.2, 0.25) is 0 Å². The quantitative estimate of drug-likeness (QED) is 0.867. The molecule has 1 N–H and O–H groups in total. The maximum Gasteiger partial charge on any atom is 0.0509 e. The third kappa shape index (κ3) is 3.05. The minimum atomic E-state index is 0.424. The summed E-state index contributed by atoms with van der Waals surface area (Å²) < 4.78 is 5.59. The lowest BCUT2D eigenvalue weighted by molar-refractivity contribution is 0.0367. The van der Waals surface area contributed by atoms with Crippen LogP contribution in [0.3, 0.4) is 0 Å². The molecule has 0 aliphatic carbocycles. The van der Waals surface area contributed by atoms with Gasteiger partial charge in [-0.3, -0.25) is 4.98 Å². The average molecular weight is 234 g/mol. The Morgan fingerprint density at radius 2 is 2.35 bits per heavy atom. The van der Waals surface area contributed by atoms with Crippen LogP contribution >= 0.6 is 0 Å². The number of nitrogens with one attached hydrogen (secondary N) is 1. The Morgan fingerprint density at radius 3 is 2.94 bits per heavy atom. The minimum Gasteiger partial charge on any atom is -0.381 e. The van der Waals surface area contributed by atoms with Gasteiger partial charge >= 0.3 is 0 Å². The van der Waals surface area contributed by atoms with Crippen LogP contribution < -0.4 is 5.32 Å². The van der Waals surface area contributed by atoms with Crippen LogP contribution in [0.1, 0.15) is 31.4 Å². The molecule has 1 aliphatic rings. The van der Waals surface area contributed by atoms with E-state index in [1.165, 1.54) is 12.8 Å². The molecule has 2 rings (SSSR count). The molecule has 3 nitrogen and oxygen atoms in total. The fourth-order valence-corrected chi connectivity index (χ4v) is 2.77. The lowest BCUT2D eigenvalue weighted by Gasteiger charge is -2.33. The van der Waals surface area contributed by atoms with Gasteiger partial charge in [0, 0.05) is 30.5 Å². The van der Waals surface area contributed by atoms with Gasteiger partial charge in [0.2, 0.25) is 0 Å². The molecule has 3 atom stereocenters. The molecule has 3 heteroatoms. The zero-order valence-electron chi connectivity index (χ0n) is 10.7. The molecule has 0 radical (unpaired) electrons. The fraction of sp³-hybridized carbons (Fsp3) is 0.643. The highest BCUT2D eigenvalue weighted by Gasteiger charge is 2.28. The lowest BCUT2D eigenvalue weighted by atomic mass is 9.84. The van der Waals surface area contributed by atoms with E-state index in [-0.39, 0.29) is 0 Å². The Bertz CT molecular complexity index is 322. The maximum atomic E-state index is 5.59. The standard InChI is InChI=1S/C14H22N2O/c1-11(13-7-3-4-8-16-13)14(15-2)12-6-5-9-17-10-12/h3-4,7-8,11-12,14-15H,5-6,9-10H2,1-2H3. The van der Waals surface area contributed by atoms with Gasteiger partial charge in [0.15, 0.2) is 0 Å². The number of hydrogen-bond donors (Lipinski definition) is 1. The van der Waals surface area contributed by atoms with Gasteiger partial charge in [0.1, 0.15) is 0 Å². The zero-order chi connectivity index (χ0) is 12.1. The van der Waals surface area contributed by atoms with Gasteiger partial charge in [-0.2, -0.15) is 0 Å². The first-order valence-corrected chi connectivity index (χ1v) is 6.49. The molecule has 0 aromatic carbocycles. The summed E-state index contributed by atoms with van der Waals surface area (Å²) in [5.74, 6) is 1.03. The first-order chi connectivity index (χ1) is 8.33. The molecule has 17 heavy (non-hydrogen) atoms. The van der Waals surface area contributed by atoms with Crippen LogP contribution in [0.25, 0.3) is 0 Å². The van der Waals surface area contributed by atoms with Crippen molar-refractivity contribution < 1.29 is 4.74 Å². The molecule has 1 aromatic heterocycles. The number of pyridine rings is 1. The van der Waals surface area contributed by atoms with E-state index in [1.807, 2.05) is 19.3 Å². The van der Waals surface area contributed by atoms with Crippen LogP contribution in [-0.4, -0.2) is 31.3 Å². The summed E-state index contributed by atoms with van der Waals surface area (Å²) >= 11 is 0. The molecule has 94 valence electrons. The smallest absolute Gasteiger partial charge is 0.0509 e. The van der Waals surface area contributed by atoms with Crippen molar-refractivity contribution in [3.8, 4) is 0 Å². The highest BCUT2D eigenvalue weighted by Crippen LogP contribution is 2.27. The van der Waals surface area contributed by atoms with E-state index in [2.05, 4.69) is 29.4 Å². The largest absolute Gasteiger partial charge is 0.381 e. The van der Waals surface area contributed by atoms with Gasteiger partial charge in [-0.15, -0.1) is 0 Å². The van der Waals surface area contributed by atoms with Crippen molar-refractivity contribution in [2.45, 2.75) is 31.7 Å². The van der Waals surface area contributed by atoms with Gasteiger partial charge < -0.3 is 10.1 Å². The minimum absolute atomic E-state index is 0.424. The van der Waals surface area contributed by atoms with E-state index in [0.29, 0.717) is 17.9 Å². The number of aromatic nitrogens is 1. The normalized spacial score (nSPS) is 24.2. The first kappa shape index (κ1) is 12.5. The monoisotopic (exact) mass is 234 g/mol. The summed E-state index contributed by atoms with van der Waals surface area (Å²) in [6, 6.07) is 6.58. The molecule has 0 bridgehead atoms. The summed E-state index contributed by atoms with van der Waals surface area (Å²) in [5.41, 5.74) is 1.16. The van der Waals surface area contributed by atoms with Gasteiger partial charge in [0.05, 0.1) is 6.61 Å². The number of rotatable bonds is 4.